The summed E-state index contributed by atoms with van der Waals surface area (Å²) < 4.78 is 50.9. The first-order chi connectivity index (χ1) is 17.3. The number of hydrogen-bond acceptors (Lipinski definition) is 6. The van der Waals surface area contributed by atoms with E-state index in [0.717, 1.165) is 31.6 Å². The van der Waals surface area contributed by atoms with Crippen LogP contribution in [0.5, 0.6) is 0 Å². The van der Waals surface area contributed by atoms with Crippen LogP contribution >= 0.6 is 0 Å². The van der Waals surface area contributed by atoms with Gasteiger partial charge in [0.1, 0.15) is 17.2 Å². The summed E-state index contributed by atoms with van der Waals surface area (Å²) in [6.45, 7) is 1.71. The molecule has 0 atom stereocenters. The Morgan fingerprint density at radius 1 is 1.08 bits per heavy atom. The van der Waals surface area contributed by atoms with Crippen LogP contribution in [0.25, 0.3) is 22.2 Å². The number of carbonyl (C=O) groups excluding carboxylic acids is 1. The fourth-order valence-electron chi connectivity index (χ4n) is 4.71. The lowest BCUT2D eigenvalue weighted by Gasteiger charge is -2.19. The number of esters is 1. The Hall–Kier alpha value is -3.92. The predicted molar refractivity (Wildman–Crippen MR) is 136 cm³/mol. The van der Waals surface area contributed by atoms with Crippen LogP contribution in [-0.4, -0.2) is 44.1 Å². The SMILES string of the molecule is COC(=O)c1c(-c2cc(N3CCCC3)ccc2F)c2c(NS(=O)(=O)c3ccccc3)ccnc2n1C. The number of carbonyl (C=O) groups is 1. The molecule has 2 aromatic carbocycles. The Bertz CT molecular complexity index is 1560. The number of benzene rings is 2. The summed E-state index contributed by atoms with van der Waals surface area (Å²) in [7, 11) is -1.11. The second-order valence-electron chi connectivity index (χ2n) is 8.61. The zero-order valence-electron chi connectivity index (χ0n) is 19.9. The van der Waals surface area contributed by atoms with Crippen LogP contribution in [-0.2, 0) is 21.8 Å². The molecule has 0 radical (unpaired) electrons. The van der Waals surface area contributed by atoms with Gasteiger partial charge in [0.15, 0.2) is 0 Å². The molecule has 1 N–H and O–H groups in total. The van der Waals surface area contributed by atoms with Gasteiger partial charge >= 0.3 is 5.97 Å². The average molecular weight is 509 g/mol. The van der Waals surface area contributed by atoms with Crippen molar-refractivity contribution < 1.29 is 22.3 Å². The molecule has 0 saturated carbocycles. The molecule has 186 valence electrons. The second-order valence-corrected chi connectivity index (χ2v) is 10.3. The van der Waals surface area contributed by atoms with E-state index in [2.05, 4.69) is 14.6 Å². The molecule has 0 amide bonds. The molecule has 5 rings (SSSR count). The third-order valence-electron chi connectivity index (χ3n) is 6.44. The molecule has 0 spiro atoms. The van der Waals surface area contributed by atoms with Crippen LogP contribution in [0.1, 0.15) is 23.3 Å². The third kappa shape index (κ3) is 4.07. The van der Waals surface area contributed by atoms with Gasteiger partial charge in [-0.25, -0.2) is 22.6 Å². The summed E-state index contributed by atoms with van der Waals surface area (Å²) in [6, 6.07) is 14.2. The van der Waals surface area contributed by atoms with Crippen molar-refractivity contribution in [2.45, 2.75) is 17.7 Å². The quantitative estimate of drug-likeness (QED) is 0.384. The van der Waals surface area contributed by atoms with Crippen LogP contribution < -0.4 is 9.62 Å². The summed E-state index contributed by atoms with van der Waals surface area (Å²) in [4.78, 5) is 19.5. The first-order valence-electron chi connectivity index (χ1n) is 11.5. The molecular weight excluding hydrogens is 483 g/mol. The maximum Gasteiger partial charge on any atom is 0.355 e. The van der Waals surface area contributed by atoms with Gasteiger partial charge in [0.05, 0.1) is 23.1 Å². The van der Waals surface area contributed by atoms with Gasteiger partial charge in [-0.15, -0.1) is 0 Å². The lowest BCUT2D eigenvalue weighted by molar-refractivity contribution is 0.0591. The zero-order valence-corrected chi connectivity index (χ0v) is 20.7. The Kier molecular flexibility index (Phi) is 6.13. The number of methoxy groups -OCH3 is 1. The number of pyridine rings is 1. The molecule has 4 aromatic rings. The molecule has 1 saturated heterocycles. The van der Waals surface area contributed by atoms with Crippen molar-refractivity contribution in [3.8, 4) is 11.1 Å². The molecule has 0 bridgehead atoms. The van der Waals surface area contributed by atoms with E-state index in [-0.39, 0.29) is 27.4 Å². The summed E-state index contributed by atoms with van der Waals surface area (Å²) in [5, 5.41) is 0.303. The van der Waals surface area contributed by atoms with Gasteiger partial charge in [-0.2, -0.15) is 0 Å². The normalized spacial score (nSPS) is 13.8. The number of rotatable bonds is 6. The van der Waals surface area contributed by atoms with Crippen molar-refractivity contribution in [2.75, 3.05) is 29.8 Å². The van der Waals surface area contributed by atoms with E-state index in [4.69, 9.17) is 4.74 Å². The highest BCUT2D eigenvalue weighted by Crippen LogP contribution is 2.41. The maximum absolute atomic E-state index is 15.4. The fourth-order valence-corrected chi connectivity index (χ4v) is 5.80. The minimum absolute atomic E-state index is 0.0721. The monoisotopic (exact) mass is 508 g/mol. The lowest BCUT2D eigenvalue weighted by atomic mass is 10.00. The van der Waals surface area contributed by atoms with Crippen LogP contribution in [0.3, 0.4) is 0 Å². The molecule has 2 aromatic heterocycles. The van der Waals surface area contributed by atoms with E-state index in [9.17, 15) is 13.2 Å². The van der Waals surface area contributed by atoms with Crippen molar-refractivity contribution in [1.82, 2.24) is 9.55 Å². The van der Waals surface area contributed by atoms with E-state index in [1.807, 2.05) is 0 Å². The number of sulfonamides is 1. The Morgan fingerprint density at radius 3 is 2.50 bits per heavy atom. The largest absolute Gasteiger partial charge is 0.464 e. The van der Waals surface area contributed by atoms with Gasteiger partial charge in [-0.05, 0) is 49.2 Å². The molecule has 1 aliphatic heterocycles. The van der Waals surface area contributed by atoms with E-state index in [1.54, 1.807) is 37.4 Å². The Morgan fingerprint density at radius 2 is 1.81 bits per heavy atom. The van der Waals surface area contributed by atoms with Crippen LogP contribution in [0.2, 0.25) is 0 Å². The number of ether oxygens (including phenoxy) is 1. The van der Waals surface area contributed by atoms with Gasteiger partial charge in [-0.3, -0.25) is 4.72 Å². The van der Waals surface area contributed by atoms with Gasteiger partial charge in [0, 0.05) is 43.1 Å². The number of hydrogen-bond donors (Lipinski definition) is 1. The van der Waals surface area contributed by atoms with Crippen LogP contribution in [0.15, 0.2) is 65.7 Å². The first-order valence-corrected chi connectivity index (χ1v) is 13.0. The molecular formula is C26H25FN4O4S. The van der Waals surface area contributed by atoms with Crippen molar-refractivity contribution in [3.63, 3.8) is 0 Å². The zero-order chi connectivity index (χ0) is 25.4. The Balaban J connectivity index is 1.77. The van der Waals surface area contributed by atoms with Crippen molar-refractivity contribution in [3.05, 3.63) is 72.3 Å². The number of aromatic nitrogens is 2. The smallest absolute Gasteiger partial charge is 0.355 e. The predicted octanol–water partition coefficient (Wildman–Crippen LogP) is 4.57. The molecule has 3 heterocycles. The minimum atomic E-state index is -3.97. The highest BCUT2D eigenvalue weighted by molar-refractivity contribution is 7.92. The summed E-state index contributed by atoms with van der Waals surface area (Å²) in [5.41, 5.74) is 1.77. The molecule has 1 fully saturated rings. The fraction of sp³-hybridized carbons (Fsp3) is 0.231. The lowest BCUT2D eigenvalue weighted by Crippen LogP contribution is -2.17. The Labute approximate surface area is 208 Å². The number of aryl methyl sites for hydroxylation is 1. The summed E-state index contributed by atoms with van der Waals surface area (Å²) in [5.74, 6) is -1.23. The maximum atomic E-state index is 15.4. The van der Waals surface area contributed by atoms with E-state index in [1.165, 1.54) is 42.1 Å². The number of anilines is 2. The molecule has 1 aliphatic rings. The third-order valence-corrected chi connectivity index (χ3v) is 7.82. The van der Waals surface area contributed by atoms with Crippen molar-refractivity contribution in [2.24, 2.45) is 7.05 Å². The molecule has 10 heteroatoms. The van der Waals surface area contributed by atoms with E-state index < -0.39 is 21.8 Å². The van der Waals surface area contributed by atoms with Crippen LogP contribution in [0, 0.1) is 5.82 Å². The number of nitrogens with one attached hydrogen (secondary N) is 1. The number of fused-ring (bicyclic) bond motifs is 1. The average Bonchev–Trinajstić information content (AvgIpc) is 3.52. The second kappa shape index (κ2) is 9.27. The van der Waals surface area contributed by atoms with Gasteiger partial charge < -0.3 is 14.2 Å². The molecule has 8 nitrogen and oxygen atoms in total. The van der Waals surface area contributed by atoms with Crippen molar-refractivity contribution >= 4 is 38.4 Å². The number of nitrogens with zero attached hydrogens (tertiary/aromatic N) is 3. The van der Waals surface area contributed by atoms with E-state index >= 15 is 4.39 Å². The minimum Gasteiger partial charge on any atom is -0.464 e. The number of halogens is 1. The standard InChI is InChI=1S/C26H25FN4O4S/c1-30-24(26(32)35-2)22(19-16-17(10-11-20(19)27)31-14-6-7-15-31)23-21(12-13-28-25(23)30)29-36(33,34)18-8-4-3-5-9-18/h3-5,8-13,16H,6-7,14-15H2,1-2H3,(H,28,29). The summed E-state index contributed by atoms with van der Waals surface area (Å²) >= 11 is 0. The first kappa shape index (κ1) is 23.8. The topological polar surface area (TPSA) is 93.5 Å². The van der Waals surface area contributed by atoms with Gasteiger partial charge in [0.2, 0.25) is 0 Å². The van der Waals surface area contributed by atoms with Gasteiger partial charge in [-0.1, -0.05) is 18.2 Å². The molecule has 0 aliphatic carbocycles. The molecule has 0 unspecified atom stereocenters. The molecule has 36 heavy (non-hydrogen) atoms. The van der Waals surface area contributed by atoms with Crippen molar-refractivity contribution in [1.29, 1.82) is 0 Å². The van der Waals surface area contributed by atoms with Gasteiger partial charge in [0.25, 0.3) is 10.0 Å². The summed E-state index contributed by atoms with van der Waals surface area (Å²) in [6.07, 6.45) is 3.53. The van der Waals surface area contributed by atoms with E-state index in [0.29, 0.717) is 11.0 Å². The van der Waals surface area contributed by atoms with Crippen LogP contribution in [0.4, 0.5) is 15.8 Å². The highest BCUT2D eigenvalue weighted by Gasteiger charge is 2.29. The highest BCUT2D eigenvalue weighted by atomic mass is 32.2.